The Morgan fingerprint density at radius 2 is 2.00 bits per heavy atom. The van der Waals surface area contributed by atoms with Gasteiger partial charge in [-0.05, 0) is 62.8 Å². The minimum absolute atomic E-state index is 0.161. The molecule has 1 aromatic carbocycles. The number of halogens is 1. The number of hydrogen-bond donors (Lipinski definition) is 0. The maximum Gasteiger partial charge on any atom is 0.123 e. The molecule has 0 aliphatic heterocycles. The van der Waals surface area contributed by atoms with Gasteiger partial charge in [0.2, 0.25) is 0 Å². The number of benzene rings is 1. The van der Waals surface area contributed by atoms with Gasteiger partial charge in [0.25, 0.3) is 0 Å². The lowest BCUT2D eigenvalue weighted by Gasteiger charge is -2.16. The summed E-state index contributed by atoms with van der Waals surface area (Å²) in [6.45, 7) is 4.84. The van der Waals surface area contributed by atoms with E-state index in [2.05, 4.69) is 16.5 Å². The van der Waals surface area contributed by atoms with Gasteiger partial charge in [-0.15, -0.1) is 0 Å². The summed E-state index contributed by atoms with van der Waals surface area (Å²) < 4.78 is 15.5. The summed E-state index contributed by atoms with van der Waals surface area (Å²) in [6.07, 6.45) is 4.72. The van der Waals surface area contributed by atoms with Gasteiger partial charge in [-0.1, -0.05) is 6.07 Å². The number of fused-ring (bicyclic) bond motifs is 1. The fourth-order valence-corrected chi connectivity index (χ4v) is 2.95. The number of imidazole rings is 1. The Hall–Kier alpha value is -1.64. The van der Waals surface area contributed by atoms with Crippen LogP contribution >= 0.6 is 0 Å². The van der Waals surface area contributed by atoms with Crippen LogP contribution in [0.1, 0.15) is 41.2 Å². The van der Waals surface area contributed by atoms with Gasteiger partial charge in [0.1, 0.15) is 11.6 Å². The van der Waals surface area contributed by atoms with E-state index in [9.17, 15) is 4.39 Å². The van der Waals surface area contributed by atoms with Crippen LogP contribution in [0.2, 0.25) is 0 Å². The van der Waals surface area contributed by atoms with Crippen molar-refractivity contribution in [3.8, 4) is 0 Å². The molecule has 19 heavy (non-hydrogen) atoms. The van der Waals surface area contributed by atoms with Crippen molar-refractivity contribution in [2.24, 2.45) is 0 Å². The smallest absolute Gasteiger partial charge is 0.123 e. The molecule has 3 heteroatoms. The Kier molecular flexibility index (Phi) is 3.13. The lowest BCUT2D eigenvalue weighted by atomic mass is 10.0. The van der Waals surface area contributed by atoms with Crippen molar-refractivity contribution < 1.29 is 4.39 Å². The van der Waals surface area contributed by atoms with E-state index >= 15 is 0 Å². The predicted octanol–water partition coefficient (Wildman–Crippen LogP) is 3.57. The monoisotopic (exact) mass is 258 g/mol. The van der Waals surface area contributed by atoms with Crippen molar-refractivity contribution in [1.82, 2.24) is 9.55 Å². The van der Waals surface area contributed by atoms with Gasteiger partial charge in [0, 0.05) is 12.2 Å². The van der Waals surface area contributed by atoms with Crippen LogP contribution in [0.4, 0.5) is 4.39 Å². The van der Waals surface area contributed by atoms with Gasteiger partial charge in [-0.25, -0.2) is 9.37 Å². The third-order valence-corrected chi connectivity index (χ3v) is 4.06. The molecule has 2 aromatic rings. The van der Waals surface area contributed by atoms with Gasteiger partial charge in [-0.3, -0.25) is 0 Å². The second-order valence-corrected chi connectivity index (χ2v) is 5.42. The van der Waals surface area contributed by atoms with E-state index in [1.165, 1.54) is 29.8 Å². The van der Waals surface area contributed by atoms with E-state index in [-0.39, 0.29) is 5.82 Å². The van der Waals surface area contributed by atoms with Crippen LogP contribution in [0, 0.1) is 19.7 Å². The van der Waals surface area contributed by atoms with E-state index in [0.29, 0.717) is 0 Å². The van der Waals surface area contributed by atoms with Crippen molar-refractivity contribution in [2.45, 2.75) is 46.1 Å². The molecule has 0 radical (unpaired) electrons. The molecule has 0 atom stereocenters. The summed E-state index contributed by atoms with van der Waals surface area (Å²) in [5.74, 6) is 0.918. The van der Waals surface area contributed by atoms with Crippen LogP contribution in [0.3, 0.4) is 0 Å². The van der Waals surface area contributed by atoms with Crippen LogP contribution in [0.25, 0.3) is 0 Å². The van der Waals surface area contributed by atoms with E-state index < -0.39 is 0 Å². The SMILES string of the molecule is Cc1cc(F)ccc1Cn1c(C)nc2c1CCCC2. The molecule has 1 aromatic heterocycles. The Morgan fingerprint density at radius 1 is 1.21 bits per heavy atom. The molecule has 100 valence electrons. The minimum Gasteiger partial charge on any atom is -0.328 e. The average Bonchev–Trinajstić information content (AvgIpc) is 2.69. The molecule has 0 unspecified atom stereocenters. The van der Waals surface area contributed by atoms with Gasteiger partial charge in [0.05, 0.1) is 5.69 Å². The normalized spacial score (nSPS) is 14.5. The zero-order valence-electron chi connectivity index (χ0n) is 11.5. The van der Waals surface area contributed by atoms with Crippen LogP contribution in [0.5, 0.6) is 0 Å². The highest BCUT2D eigenvalue weighted by atomic mass is 19.1. The number of aromatic nitrogens is 2. The first-order valence-corrected chi connectivity index (χ1v) is 6.95. The molecule has 1 aliphatic rings. The highest BCUT2D eigenvalue weighted by Crippen LogP contribution is 2.23. The standard InChI is InChI=1S/C16H19FN2/c1-11-9-14(17)8-7-13(11)10-19-12(2)18-15-5-3-4-6-16(15)19/h7-9H,3-6,10H2,1-2H3. The number of nitrogens with zero attached hydrogens (tertiary/aromatic N) is 2. The van der Waals surface area contributed by atoms with Crippen LogP contribution in [0.15, 0.2) is 18.2 Å². The molecule has 0 fully saturated rings. The molecule has 0 saturated carbocycles. The molecule has 0 saturated heterocycles. The molecule has 0 amide bonds. The van der Waals surface area contributed by atoms with E-state index in [0.717, 1.165) is 30.8 Å². The maximum atomic E-state index is 13.2. The molecule has 1 aliphatic carbocycles. The molecule has 1 heterocycles. The van der Waals surface area contributed by atoms with Crippen molar-refractivity contribution >= 4 is 0 Å². The lowest BCUT2D eigenvalue weighted by molar-refractivity contribution is 0.616. The molecule has 0 spiro atoms. The first-order chi connectivity index (χ1) is 9.15. The first-order valence-electron chi connectivity index (χ1n) is 6.95. The summed E-state index contributed by atoms with van der Waals surface area (Å²) in [4.78, 5) is 4.68. The summed E-state index contributed by atoms with van der Waals surface area (Å²) in [6, 6.07) is 5.04. The summed E-state index contributed by atoms with van der Waals surface area (Å²) in [5, 5.41) is 0. The average molecular weight is 258 g/mol. The van der Waals surface area contributed by atoms with Crippen LogP contribution in [-0.2, 0) is 19.4 Å². The van der Waals surface area contributed by atoms with Gasteiger partial charge >= 0.3 is 0 Å². The Labute approximate surface area is 113 Å². The van der Waals surface area contributed by atoms with Gasteiger partial charge in [0.15, 0.2) is 0 Å². The Balaban J connectivity index is 1.97. The first kappa shape index (κ1) is 12.4. The highest BCUT2D eigenvalue weighted by molar-refractivity contribution is 5.29. The topological polar surface area (TPSA) is 17.8 Å². The highest BCUT2D eigenvalue weighted by Gasteiger charge is 2.18. The molecule has 2 nitrogen and oxygen atoms in total. The number of rotatable bonds is 2. The predicted molar refractivity (Wildman–Crippen MR) is 73.8 cm³/mol. The molecule has 0 N–H and O–H groups in total. The molecular formula is C16H19FN2. The number of aryl methyl sites for hydroxylation is 3. The van der Waals surface area contributed by atoms with Crippen LogP contribution in [-0.4, -0.2) is 9.55 Å². The van der Waals surface area contributed by atoms with E-state index in [4.69, 9.17) is 0 Å². The van der Waals surface area contributed by atoms with Crippen molar-refractivity contribution in [1.29, 1.82) is 0 Å². The summed E-state index contributed by atoms with van der Waals surface area (Å²) in [5.41, 5.74) is 4.84. The quantitative estimate of drug-likeness (QED) is 0.805. The van der Waals surface area contributed by atoms with E-state index in [1.807, 2.05) is 13.0 Å². The minimum atomic E-state index is -0.161. The molecule has 0 bridgehead atoms. The van der Waals surface area contributed by atoms with Gasteiger partial charge < -0.3 is 4.57 Å². The molecular weight excluding hydrogens is 239 g/mol. The maximum absolute atomic E-state index is 13.2. The molecule has 3 rings (SSSR count). The Bertz CT molecular complexity index is 613. The van der Waals surface area contributed by atoms with E-state index in [1.54, 1.807) is 12.1 Å². The van der Waals surface area contributed by atoms with Crippen LogP contribution < -0.4 is 0 Å². The van der Waals surface area contributed by atoms with Crippen molar-refractivity contribution in [3.05, 3.63) is 52.4 Å². The Morgan fingerprint density at radius 3 is 2.79 bits per heavy atom. The fraction of sp³-hybridized carbons (Fsp3) is 0.438. The summed E-state index contributed by atoms with van der Waals surface area (Å²) >= 11 is 0. The zero-order chi connectivity index (χ0) is 13.4. The lowest BCUT2D eigenvalue weighted by Crippen LogP contribution is -2.11. The number of hydrogen-bond acceptors (Lipinski definition) is 1. The van der Waals surface area contributed by atoms with Gasteiger partial charge in [-0.2, -0.15) is 0 Å². The van der Waals surface area contributed by atoms with Crippen molar-refractivity contribution in [3.63, 3.8) is 0 Å². The zero-order valence-corrected chi connectivity index (χ0v) is 11.5. The second-order valence-electron chi connectivity index (χ2n) is 5.42. The summed E-state index contributed by atoms with van der Waals surface area (Å²) in [7, 11) is 0. The fourth-order valence-electron chi connectivity index (χ4n) is 2.95. The third kappa shape index (κ3) is 2.29. The second kappa shape index (κ2) is 4.80. The largest absolute Gasteiger partial charge is 0.328 e. The van der Waals surface area contributed by atoms with Crippen molar-refractivity contribution in [2.75, 3.05) is 0 Å². The third-order valence-electron chi connectivity index (χ3n) is 4.06.